The van der Waals surface area contributed by atoms with Gasteiger partial charge in [-0.15, -0.1) is 0 Å². The largest absolute Gasteiger partial charge is 0.450 e. The van der Waals surface area contributed by atoms with Crippen LogP contribution in [-0.4, -0.2) is 61.1 Å². The van der Waals surface area contributed by atoms with Gasteiger partial charge in [0.25, 0.3) is 0 Å². The molecule has 1 aliphatic heterocycles. The Balaban J connectivity index is 1.47. The number of ether oxygens (including phenoxy) is 1. The maximum atomic E-state index is 12.5. The number of likely N-dealkylation sites (N-methyl/N-ethyl adjacent to an activating group) is 1. The zero-order chi connectivity index (χ0) is 19.2. The maximum absolute atomic E-state index is 12.5. The van der Waals surface area contributed by atoms with Crippen molar-refractivity contribution in [3.8, 4) is 0 Å². The number of nitrogens with zero attached hydrogens (tertiary/aromatic N) is 2. The van der Waals surface area contributed by atoms with Crippen LogP contribution in [0.1, 0.15) is 49.8 Å². The number of carbonyl (C=O) groups excluding carboxylic acids is 2. The summed E-state index contributed by atoms with van der Waals surface area (Å²) >= 11 is 0. The van der Waals surface area contributed by atoms with Crippen LogP contribution in [0.25, 0.3) is 0 Å². The fraction of sp³-hybridized carbons (Fsp3) is 0.619. The molecule has 1 heterocycles. The molecule has 0 unspecified atom stereocenters. The molecule has 3 rings (SSSR count). The zero-order valence-electron chi connectivity index (χ0n) is 16.4. The Morgan fingerprint density at radius 3 is 2.70 bits per heavy atom. The Labute approximate surface area is 161 Å². The average molecular weight is 373 g/mol. The quantitative estimate of drug-likeness (QED) is 0.862. The molecule has 0 bridgehead atoms. The van der Waals surface area contributed by atoms with Crippen molar-refractivity contribution in [1.82, 2.24) is 15.1 Å². The molecule has 0 saturated carbocycles. The van der Waals surface area contributed by atoms with Gasteiger partial charge in [-0.3, -0.25) is 9.69 Å². The highest BCUT2D eigenvalue weighted by Crippen LogP contribution is 2.33. The van der Waals surface area contributed by atoms with Gasteiger partial charge in [0.05, 0.1) is 13.2 Å². The summed E-state index contributed by atoms with van der Waals surface area (Å²) in [5.41, 5.74) is 2.77. The molecule has 1 aliphatic carbocycles. The van der Waals surface area contributed by atoms with Gasteiger partial charge in [-0.2, -0.15) is 0 Å². The Hall–Kier alpha value is -2.08. The van der Waals surface area contributed by atoms with Gasteiger partial charge in [0.1, 0.15) is 0 Å². The van der Waals surface area contributed by atoms with Crippen molar-refractivity contribution in [2.45, 2.75) is 51.1 Å². The molecule has 6 nitrogen and oxygen atoms in total. The Bertz CT molecular complexity index is 656. The van der Waals surface area contributed by atoms with Gasteiger partial charge < -0.3 is 15.0 Å². The smallest absolute Gasteiger partial charge is 0.409 e. The third kappa shape index (κ3) is 5.01. The van der Waals surface area contributed by atoms with Crippen molar-refractivity contribution < 1.29 is 14.3 Å². The van der Waals surface area contributed by atoms with E-state index >= 15 is 0 Å². The zero-order valence-corrected chi connectivity index (χ0v) is 16.4. The molecule has 0 spiro atoms. The van der Waals surface area contributed by atoms with E-state index in [-0.39, 0.29) is 18.0 Å². The van der Waals surface area contributed by atoms with Crippen LogP contribution in [0.3, 0.4) is 0 Å². The van der Waals surface area contributed by atoms with Crippen LogP contribution in [0, 0.1) is 0 Å². The van der Waals surface area contributed by atoms with Crippen LogP contribution in [-0.2, 0) is 16.0 Å². The first-order chi connectivity index (χ1) is 13.1. The molecular formula is C21H31N3O3. The number of piperidine rings is 1. The van der Waals surface area contributed by atoms with Gasteiger partial charge in [-0.05, 0) is 57.2 Å². The Morgan fingerprint density at radius 2 is 1.96 bits per heavy atom. The first-order valence-corrected chi connectivity index (χ1v) is 10.1. The SMILES string of the molecule is CCOC(=O)N1CCC(NC(=O)CN(C)[C@@H]2CCCc3ccccc32)CC1. The number of likely N-dealkylation sites (tertiary alicyclic amines) is 1. The third-order valence-electron chi connectivity index (χ3n) is 5.65. The number of hydrogen-bond acceptors (Lipinski definition) is 4. The minimum absolute atomic E-state index is 0.0649. The fourth-order valence-electron chi connectivity index (χ4n) is 4.22. The van der Waals surface area contributed by atoms with Gasteiger partial charge in [0.15, 0.2) is 0 Å². The van der Waals surface area contributed by atoms with E-state index in [0.29, 0.717) is 32.3 Å². The number of nitrogens with one attached hydrogen (secondary N) is 1. The molecule has 1 atom stereocenters. The number of carbonyl (C=O) groups is 2. The van der Waals surface area contributed by atoms with E-state index in [9.17, 15) is 9.59 Å². The highest BCUT2D eigenvalue weighted by molar-refractivity contribution is 5.78. The summed E-state index contributed by atoms with van der Waals surface area (Å²) in [6, 6.07) is 9.02. The monoisotopic (exact) mass is 373 g/mol. The van der Waals surface area contributed by atoms with Gasteiger partial charge >= 0.3 is 6.09 Å². The summed E-state index contributed by atoms with van der Waals surface area (Å²) < 4.78 is 5.04. The molecule has 6 heteroatoms. The first kappa shape index (κ1) is 19.7. The molecule has 1 N–H and O–H groups in total. The lowest BCUT2D eigenvalue weighted by Gasteiger charge is -2.34. The summed E-state index contributed by atoms with van der Waals surface area (Å²) in [6.07, 6.45) is 4.70. The lowest BCUT2D eigenvalue weighted by molar-refractivity contribution is -0.123. The van der Waals surface area contributed by atoms with Gasteiger partial charge in [0, 0.05) is 25.2 Å². The number of rotatable bonds is 5. The highest BCUT2D eigenvalue weighted by Gasteiger charge is 2.27. The second-order valence-corrected chi connectivity index (χ2v) is 7.55. The molecule has 1 aromatic carbocycles. The van der Waals surface area contributed by atoms with Crippen LogP contribution in [0.4, 0.5) is 4.79 Å². The molecule has 0 radical (unpaired) electrons. The number of benzene rings is 1. The van der Waals surface area contributed by atoms with E-state index in [0.717, 1.165) is 25.7 Å². The molecule has 1 saturated heterocycles. The standard InChI is InChI=1S/C21H31N3O3/c1-3-27-21(26)24-13-11-17(12-14-24)22-20(25)15-23(2)19-10-6-8-16-7-4-5-9-18(16)19/h4-5,7,9,17,19H,3,6,8,10-15H2,1-2H3,(H,22,25)/t19-/m1/s1. The topological polar surface area (TPSA) is 61.9 Å². The van der Waals surface area contributed by atoms with Crippen LogP contribution in [0.2, 0.25) is 0 Å². The van der Waals surface area contributed by atoms with E-state index in [1.807, 2.05) is 14.0 Å². The van der Waals surface area contributed by atoms with Crippen molar-refractivity contribution in [3.05, 3.63) is 35.4 Å². The normalized spacial score (nSPS) is 20.3. The lowest BCUT2D eigenvalue weighted by Crippen LogP contribution is -2.48. The molecule has 1 fully saturated rings. The summed E-state index contributed by atoms with van der Waals surface area (Å²) in [5.74, 6) is 0.0649. The number of hydrogen-bond donors (Lipinski definition) is 1. The minimum Gasteiger partial charge on any atom is -0.450 e. The molecule has 2 aliphatic rings. The second-order valence-electron chi connectivity index (χ2n) is 7.55. The summed E-state index contributed by atoms with van der Waals surface area (Å²) in [5, 5.41) is 3.14. The van der Waals surface area contributed by atoms with Gasteiger partial charge in [-0.25, -0.2) is 4.79 Å². The summed E-state index contributed by atoms with van der Waals surface area (Å²) in [6.45, 7) is 3.88. The fourth-order valence-corrected chi connectivity index (χ4v) is 4.22. The molecular weight excluding hydrogens is 342 g/mol. The van der Waals surface area contributed by atoms with Crippen molar-refractivity contribution in [2.75, 3.05) is 33.3 Å². The average Bonchev–Trinajstić information content (AvgIpc) is 2.68. The van der Waals surface area contributed by atoms with Gasteiger partial charge in [0.2, 0.25) is 5.91 Å². The predicted molar refractivity (Wildman–Crippen MR) is 105 cm³/mol. The van der Waals surface area contributed by atoms with Gasteiger partial charge in [-0.1, -0.05) is 24.3 Å². The number of aryl methyl sites for hydroxylation is 1. The van der Waals surface area contributed by atoms with Crippen LogP contribution in [0.15, 0.2) is 24.3 Å². The number of amides is 2. The van der Waals surface area contributed by atoms with E-state index < -0.39 is 0 Å². The first-order valence-electron chi connectivity index (χ1n) is 10.1. The summed E-state index contributed by atoms with van der Waals surface area (Å²) in [4.78, 5) is 28.2. The molecule has 148 valence electrons. The van der Waals surface area contributed by atoms with Crippen LogP contribution >= 0.6 is 0 Å². The van der Waals surface area contributed by atoms with E-state index in [1.54, 1.807) is 4.90 Å². The van der Waals surface area contributed by atoms with E-state index in [1.165, 1.54) is 17.5 Å². The van der Waals surface area contributed by atoms with Crippen molar-refractivity contribution in [2.24, 2.45) is 0 Å². The van der Waals surface area contributed by atoms with Crippen molar-refractivity contribution >= 4 is 12.0 Å². The van der Waals surface area contributed by atoms with E-state index in [4.69, 9.17) is 4.74 Å². The molecule has 0 aromatic heterocycles. The molecule has 1 aromatic rings. The van der Waals surface area contributed by atoms with Crippen LogP contribution in [0.5, 0.6) is 0 Å². The third-order valence-corrected chi connectivity index (χ3v) is 5.65. The van der Waals surface area contributed by atoms with E-state index in [2.05, 4.69) is 34.5 Å². The highest BCUT2D eigenvalue weighted by atomic mass is 16.6. The minimum atomic E-state index is -0.252. The molecule has 27 heavy (non-hydrogen) atoms. The maximum Gasteiger partial charge on any atom is 0.409 e. The van der Waals surface area contributed by atoms with Crippen LogP contribution < -0.4 is 5.32 Å². The second kappa shape index (κ2) is 9.22. The number of fused-ring (bicyclic) bond motifs is 1. The lowest BCUT2D eigenvalue weighted by atomic mass is 9.87. The molecule has 2 amide bonds. The van der Waals surface area contributed by atoms with Crippen molar-refractivity contribution in [3.63, 3.8) is 0 Å². The predicted octanol–water partition coefficient (Wildman–Crippen LogP) is 2.73. The Kier molecular flexibility index (Phi) is 6.72. The summed E-state index contributed by atoms with van der Waals surface area (Å²) in [7, 11) is 2.04. The Morgan fingerprint density at radius 1 is 1.22 bits per heavy atom. The van der Waals surface area contributed by atoms with Crippen molar-refractivity contribution in [1.29, 1.82) is 0 Å².